The SMILES string of the molecule is C[C@@]1(CNC(=O)CCc2cccc(F)c2F)CCCC[C@H]1O. The van der Waals surface area contributed by atoms with E-state index in [-0.39, 0.29) is 29.7 Å². The van der Waals surface area contributed by atoms with Crippen molar-refractivity contribution in [2.24, 2.45) is 5.41 Å². The van der Waals surface area contributed by atoms with Crippen molar-refractivity contribution in [2.45, 2.75) is 51.6 Å². The predicted molar refractivity (Wildman–Crippen MR) is 80.3 cm³/mol. The second kappa shape index (κ2) is 7.18. The smallest absolute Gasteiger partial charge is 0.220 e. The van der Waals surface area contributed by atoms with Gasteiger partial charge in [0.1, 0.15) is 0 Å². The van der Waals surface area contributed by atoms with Crippen molar-refractivity contribution in [1.29, 1.82) is 0 Å². The highest BCUT2D eigenvalue weighted by atomic mass is 19.2. The van der Waals surface area contributed by atoms with Crippen LogP contribution in [0.15, 0.2) is 18.2 Å². The zero-order valence-corrected chi connectivity index (χ0v) is 12.9. The van der Waals surface area contributed by atoms with E-state index in [0.29, 0.717) is 6.54 Å². The minimum atomic E-state index is -0.893. The number of carbonyl (C=O) groups is 1. The largest absolute Gasteiger partial charge is 0.392 e. The molecule has 2 rings (SSSR count). The van der Waals surface area contributed by atoms with E-state index in [1.807, 2.05) is 6.92 Å². The Morgan fingerprint density at radius 1 is 1.41 bits per heavy atom. The van der Waals surface area contributed by atoms with Crippen LogP contribution in [0.25, 0.3) is 0 Å². The van der Waals surface area contributed by atoms with Gasteiger partial charge in [-0.3, -0.25) is 4.79 Å². The molecule has 1 aromatic carbocycles. The van der Waals surface area contributed by atoms with Gasteiger partial charge < -0.3 is 10.4 Å². The second-order valence-corrected chi connectivity index (χ2v) is 6.41. The molecular formula is C17H23F2NO2. The maximum absolute atomic E-state index is 13.5. The van der Waals surface area contributed by atoms with E-state index in [4.69, 9.17) is 0 Å². The molecule has 1 aliphatic rings. The molecule has 0 radical (unpaired) electrons. The number of hydrogen-bond donors (Lipinski definition) is 2. The molecule has 22 heavy (non-hydrogen) atoms. The Morgan fingerprint density at radius 2 is 2.18 bits per heavy atom. The van der Waals surface area contributed by atoms with Crippen molar-refractivity contribution in [1.82, 2.24) is 5.32 Å². The first-order valence-electron chi connectivity index (χ1n) is 7.80. The Hall–Kier alpha value is -1.49. The molecule has 2 atom stereocenters. The number of carbonyl (C=O) groups excluding carboxylic acids is 1. The van der Waals surface area contributed by atoms with Crippen LogP contribution in [-0.2, 0) is 11.2 Å². The lowest BCUT2D eigenvalue weighted by Crippen LogP contribution is -2.45. The number of aliphatic hydroxyl groups is 1. The molecule has 2 N–H and O–H groups in total. The van der Waals surface area contributed by atoms with Gasteiger partial charge in [-0.15, -0.1) is 0 Å². The first kappa shape index (κ1) is 16.9. The summed E-state index contributed by atoms with van der Waals surface area (Å²) in [6.45, 7) is 2.39. The van der Waals surface area contributed by atoms with Crippen molar-refractivity contribution in [2.75, 3.05) is 6.54 Å². The molecule has 3 nitrogen and oxygen atoms in total. The number of aliphatic hydroxyl groups excluding tert-OH is 1. The summed E-state index contributed by atoms with van der Waals surface area (Å²) in [4.78, 5) is 11.9. The van der Waals surface area contributed by atoms with Gasteiger partial charge in [-0.1, -0.05) is 31.9 Å². The van der Waals surface area contributed by atoms with E-state index in [2.05, 4.69) is 5.32 Å². The third-order valence-corrected chi connectivity index (χ3v) is 4.62. The summed E-state index contributed by atoms with van der Waals surface area (Å²) in [5.41, 5.74) is -0.0862. The predicted octanol–water partition coefficient (Wildman–Crippen LogP) is 2.95. The van der Waals surface area contributed by atoms with E-state index < -0.39 is 17.7 Å². The molecule has 5 heteroatoms. The number of hydrogen-bond acceptors (Lipinski definition) is 2. The fraction of sp³-hybridized carbons (Fsp3) is 0.588. The van der Waals surface area contributed by atoms with Crippen LogP contribution < -0.4 is 5.32 Å². The zero-order chi connectivity index (χ0) is 16.2. The molecule has 122 valence electrons. The van der Waals surface area contributed by atoms with E-state index in [1.165, 1.54) is 12.1 Å². The van der Waals surface area contributed by atoms with Gasteiger partial charge in [0, 0.05) is 18.4 Å². The zero-order valence-electron chi connectivity index (χ0n) is 12.9. The average molecular weight is 311 g/mol. The molecule has 0 spiro atoms. The fourth-order valence-corrected chi connectivity index (χ4v) is 2.97. The maximum Gasteiger partial charge on any atom is 0.220 e. The highest BCUT2D eigenvalue weighted by Gasteiger charge is 2.35. The summed E-state index contributed by atoms with van der Waals surface area (Å²) < 4.78 is 26.6. The minimum Gasteiger partial charge on any atom is -0.392 e. The fourth-order valence-electron chi connectivity index (χ4n) is 2.97. The number of halogens is 2. The average Bonchev–Trinajstić information content (AvgIpc) is 2.50. The van der Waals surface area contributed by atoms with Crippen molar-refractivity contribution in [3.63, 3.8) is 0 Å². The normalized spacial score (nSPS) is 25.0. The standard InChI is InChI=1S/C17H23F2NO2/c1-17(10-3-2-7-14(17)21)11-20-15(22)9-8-12-5-4-6-13(18)16(12)19/h4-6,14,21H,2-3,7-11H2,1H3,(H,20,22)/t14-,17+/m1/s1. The van der Waals surface area contributed by atoms with Crippen molar-refractivity contribution in [3.05, 3.63) is 35.4 Å². The topological polar surface area (TPSA) is 49.3 Å². The van der Waals surface area contributed by atoms with Crippen LogP contribution in [0.4, 0.5) is 8.78 Å². The highest BCUT2D eigenvalue weighted by molar-refractivity contribution is 5.76. The van der Waals surface area contributed by atoms with E-state index in [0.717, 1.165) is 31.7 Å². The molecule has 0 heterocycles. The summed E-state index contributed by atoms with van der Waals surface area (Å²) in [6, 6.07) is 3.98. The lowest BCUT2D eigenvalue weighted by atomic mass is 9.73. The molecule has 1 aromatic rings. The van der Waals surface area contributed by atoms with Crippen molar-refractivity contribution in [3.8, 4) is 0 Å². The Labute approximate surface area is 129 Å². The highest BCUT2D eigenvalue weighted by Crippen LogP contribution is 2.35. The first-order chi connectivity index (χ1) is 10.4. The molecule has 0 saturated heterocycles. The van der Waals surface area contributed by atoms with Gasteiger partial charge in [-0.2, -0.15) is 0 Å². The Bertz CT molecular complexity index is 535. The third kappa shape index (κ3) is 4.03. The van der Waals surface area contributed by atoms with E-state index >= 15 is 0 Å². The number of nitrogens with one attached hydrogen (secondary N) is 1. The first-order valence-corrected chi connectivity index (χ1v) is 7.80. The lowest BCUT2D eigenvalue weighted by Gasteiger charge is -2.38. The molecule has 1 amide bonds. The molecule has 0 aromatic heterocycles. The molecule has 0 bridgehead atoms. The molecular weight excluding hydrogens is 288 g/mol. The number of aryl methyl sites for hydroxylation is 1. The number of amides is 1. The van der Waals surface area contributed by atoms with Crippen molar-refractivity contribution < 1.29 is 18.7 Å². The Morgan fingerprint density at radius 3 is 2.91 bits per heavy atom. The van der Waals surface area contributed by atoms with Gasteiger partial charge in [-0.05, 0) is 30.9 Å². The summed E-state index contributed by atoms with van der Waals surface area (Å²) in [6.07, 6.45) is 3.58. The van der Waals surface area contributed by atoms with E-state index in [1.54, 1.807) is 0 Å². The number of rotatable bonds is 5. The second-order valence-electron chi connectivity index (χ2n) is 6.41. The van der Waals surface area contributed by atoms with Gasteiger partial charge in [-0.25, -0.2) is 8.78 Å². The molecule has 0 unspecified atom stereocenters. The summed E-state index contributed by atoms with van der Waals surface area (Å²) >= 11 is 0. The van der Waals surface area contributed by atoms with Gasteiger partial charge in [0.25, 0.3) is 0 Å². The van der Waals surface area contributed by atoms with E-state index in [9.17, 15) is 18.7 Å². The molecule has 0 aliphatic heterocycles. The number of benzene rings is 1. The summed E-state index contributed by atoms with van der Waals surface area (Å²) in [5.74, 6) is -1.98. The lowest BCUT2D eigenvalue weighted by molar-refractivity contribution is -0.122. The van der Waals surface area contributed by atoms with Crippen LogP contribution in [0.1, 0.15) is 44.6 Å². The molecule has 1 saturated carbocycles. The third-order valence-electron chi connectivity index (χ3n) is 4.62. The maximum atomic E-state index is 13.5. The van der Waals surface area contributed by atoms with Crippen LogP contribution in [0, 0.1) is 17.0 Å². The minimum absolute atomic E-state index is 0.104. The van der Waals surface area contributed by atoms with Crippen molar-refractivity contribution >= 4 is 5.91 Å². The summed E-state index contributed by atoms with van der Waals surface area (Å²) in [7, 11) is 0. The summed E-state index contributed by atoms with van der Waals surface area (Å²) in [5, 5.41) is 12.9. The van der Waals surface area contributed by atoms with Gasteiger partial charge >= 0.3 is 0 Å². The monoisotopic (exact) mass is 311 g/mol. The van der Waals surface area contributed by atoms with Crippen LogP contribution in [-0.4, -0.2) is 23.7 Å². The van der Waals surface area contributed by atoms with Crippen LogP contribution >= 0.6 is 0 Å². The van der Waals surface area contributed by atoms with Gasteiger partial charge in [0.05, 0.1) is 6.10 Å². The molecule has 1 fully saturated rings. The Kier molecular flexibility index (Phi) is 5.51. The molecule has 1 aliphatic carbocycles. The van der Waals surface area contributed by atoms with Gasteiger partial charge in [0.15, 0.2) is 11.6 Å². The Balaban J connectivity index is 1.82. The van der Waals surface area contributed by atoms with Gasteiger partial charge in [0.2, 0.25) is 5.91 Å². The quantitative estimate of drug-likeness (QED) is 0.878. The van der Waals surface area contributed by atoms with Crippen LogP contribution in [0.3, 0.4) is 0 Å². The van der Waals surface area contributed by atoms with Crippen LogP contribution in [0.5, 0.6) is 0 Å². The van der Waals surface area contributed by atoms with Crippen LogP contribution in [0.2, 0.25) is 0 Å².